The molecule has 1 aromatic carbocycles. The molecule has 0 bridgehead atoms. The van der Waals surface area contributed by atoms with Crippen molar-refractivity contribution in [2.45, 2.75) is 50.6 Å². The van der Waals surface area contributed by atoms with Crippen LogP contribution < -0.4 is 5.73 Å². The van der Waals surface area contributed by atoms with Crippen molar-refractivity contribution in [1.82, 2.24) is 4.90 Å². The molecule has 1 fully saturated rings. The number of hydrogen-bond donors (Lipinski definition) is 1. The Bertz CT molecular complexity index is 538. The van der Waals surface area contributed by atoms with Gasteiger partial charge in [0.25, 0.3) is 0 Å². The van der Waals surface area contributed by atoms with E-state index in [9.17, 15) is 4.39 Å². The van der Waals surface area contributed by atoms with Gasteiger partial charge in [-0.3, -0.25) is 4.99 Å². The number of nitrogens with two attached hydrogens (primary N) is 1. The second-order valence-corrected chi connectivity index (χ2v) is 6.85. The highest BCUT2D eigenvalue weighted by Gasteiger charge is 2.34. The molecule has 21 heavy (non-hydrogen) atoms. The Morgan fingerprint density at radius 2 is 1.90 bits per heavy atom. The van der Waals surface area contributed by atoms with Gasteiger partial charge in [0.2, 0.25) is 0 Å². The number of aliphatic imine (C=N–C) groups is 1. The summed E-state index contributed by atoms with van der Waals surface area (Å²) in [4.78, 5) is 6.55. The molecule has 1 heterocycles. The summed E-state index contributed by atoms with van der Waals surface area (Å²) in [6.45, 7) is 0.551. The van der Waals surface area contributed by atoms with Gasteiger partial charge in [-0.25, -0.2) is 4.39 Å². The van der Waals surface area contributed by atoms with Crippen LogP contribution in [0.4, 0.5) is 4.39 Å². The van der Waals surface area contributed by atoms with Gasteiger partial charge in [0, 0.05) is 16.1 Å². The fourth-order valence-corrected chi connectivity index (χ4v) is 3.88. The van der Waals surface area contributed by atoms with Gasteiger partial charge in [-0.1, -0.05) is 41.6 Å². The number of rotatable bonds is 2. The van der Waals surface area contributed by atoms with E-state index in [1.54, 1.807) is 6.07 Å². The van der Waals surface area contributed by atoms with Gasteiger partial charge in [-0.2, -0.15) is 0 Å². The Morgan fingerprint density at radius 1 is 1.19 bits per heavy atom. The van der Waals surface area contributed by atoms with Crippen molar-refractivity contribution in [3.63, 3.8) is 0 Å². The van der Waals surface area contributed by atoms with Crippen LogP contribution in [0, 0.1) is 5.82 Å². The molecule has 0 radical (unpaired) electrons. The predicted molar refractivity (Wildman–Crippen MR) is 86.7 cm³/mol. The summed E-state index contributed by atoms with van der Waals surface area (Å²) in [6.07, 6.45) is 7.28. The Kier molecular flexibility index (Phi) is 4.48. The lowest BCUT2D eigenvalue weighted by Gasteiger charge is -2.34. The second-order valence-electron chi connectivity index (χ2n) is 5.93. The zero-order valence-corrected chi connectivity index (χ0v) is 13.7. The van der Waals surface area contributed by atoms with E-state index in [-0.39, 0.29) is 11.9 Å². The SMILES string of the molecule is NC1=NCC(c2cc(Br)ccc2F)N1C1CCCCCC1. The molecule has 2 N–H and O–H groups in total. The molecule has 3 nitrogen and oxygen atoms in total. The average molecular weight is 354 g/mol. The molecular formula is C16H21BrFN3. The molecule has 1 saturated carbocycles. The van der Waals surface area contributed by atoms with Crippen molar-refractivity contribution in [1.29, 1.82) is 0 Å². The first-order chi connectivity index (χ1) is 10.2. The molecule has 0 spiro atoms. The van der Waals surface area contributed by atoms with Crippen molar-refractivity contribution in [3.8, 4) is 0 Å². The fraction of sp³-hybridized carbons (Fsp3) is 0.562. The Balaban J connectivity index is 1.89. The van der Waals surface area contributed by atoms with Crippen LogP contribution in [0.5, 0.6) is 0 Å². The largest absolute Gasteiger partial charge is 0.370 e. The molecular weight excluding hydrogens is 333 g/mol. The molecule has 0 aromatic heterocycles. The second kappa shape index (κ2) is 6.34. The van der Waals surface area contributed by atoms with Gasteiger partial charge in [-0.15, -0.1) is 0 Å². The van der Waals surface area contributed by atoms with E-state index < -0.39 is 0 Å². The molecule has 2 aliphatic rings. The van der Waals surface area contributed by atoms with Crippen LogP contribution in [0.3, 0.4) is 0 Å². The minimum atomic E-state index is -0.174. The lowest BCUT2D eigenvalue weighted by Crippen LogP contribution is -2.43. The molecule has 0 saturated heterocycles. The first kappa shape index (κ1) is 14.8. The molecule has 1 unspecified atom stereocenters. The van der Waals surface area contributed by atoms with Crippen LogP contribution in [0.2, 0.25) is 0 Å². The molecule has 1 aliphatic carbocycles. The number of guanidine groups is 1. The Morgan fingerprint density at radius 3 is 2.62 bits per heavy atom. The number of benzene rings is 1. The quantitative estimate of drug-likeness (QED) is 0.817. The molecule has 3 rings (SSSR count). The van der Waals surface area contributed by atoms with E-state index in [0.29, 0.717) is 24.1 Å². The minimum absolute atomic E-state index is 0.0643. The van der Waals surface area contributed by atoms with Gasteiger partial charge in [0.15, 0.2) is 5.96 Å². The van der Waals surface area contributed by atoms with Crippen molar-refractivity contribution in [3.05, 3.63) is 34.1 Å². The molecule has 5 heteroatoms. The lowest BCUT2D eigenvalue weighted by molar-refractivity contribution is 0.233. The van der Waals surface area contributed by atoms with E-state index in [1.165, 1.54) is 31.7 Å². The lowest BCUT2D eigenvalue weighted by atomic mass is 10.0. The van der Waals surface area contributed by atoms with E-state index in [2.05, 4.69) is 25.8 Å². The Hall–Kier alpha value is -1.10. The topological polar surface area (TPSA) is 41.6 Å². The van der Waals surface area contributed by atoms with Crippen LogP contribution >= 0.6 is 15.9 Å². The van der Waals surface area contributed by atoms with Crippen LogP contribution in [0.25, 0.3) is 0 Å². The third-order valence-corrected chi connectivity index (χ3v) is 5.05. The molecule has 114 valence electrons. The van der Waals surface area contributed by atoms with Gasteiger partial charge in [-0.05, 0) is 31.0 Å². The standard InChI is InChI=1S/C16H21BrFN3/c17-11-7-8-14(18)13(9-11)15-10-20-16(19)21(15)12-5-3-1-2-4-6-12/h7-9,12,15H,1-6,10H2,(H2,19,20). The van der Waals surface area contributed by atoms with Crippen LogP contribution in [0.1, 0.15) is 50.1 Å². The maximum absolute atomic E-state index is 14.2. The fourth-order valence-electron chi connectivity index (χ4n) is 3.50. The maximum atomic E-state index is 14.2. The molecule has 1 aliphatic heterocycles. The van der Waals surface area contributed by atoms with E-state index in [0.717, 1.165) is 17.3 Å². The third kappa shape index (κ3) is 3.07. The van der Waals surface area contributed by atoms with Crippen LogP contribution in [0.15, 0.2) is 27.7 Å². The number of halogens is 2. The van der Waals surface area contributed by atoms with E-state index >= 15 is 0 Å². The van der Waals surface area contributed by atoms with Gasteiger partial charge in [0.05, 0.1) is 12.6 Å². The highest BCUT2D eigenvalue weighted by molar-refractivity contribution is 9.10. The van der Waals surface area contributed by atoms with Crippen LogP contribution in [-0.4, -0.2) is 23.4 Å². The van der Waals surface area contributed by atoms with Crippen molar-refractivity contribution in [2.75, 3.05) is 6.54 Å². The highest BCUT2D eigenvalue weighted by atomic mass is 79.9. The van der Waals surface area contributed by atoms with Crippen LogP contribution in [-0.2, 0) is 0 Å². The summed E-state index contributed by atoms with van der Waals surface area (Å²) >= 11 is 3.43. The smallest absolute Gasteiger partial charge is 0.192 e. The predicted octanol–water partition coefficient (Wildman–Crippen LogP) is 3.98. The summed E-state index contributed by atoms with van der Waals surface area (Å²) < 4.78 is 15.1. The average Bonchev–Trinajstić information content (AvgIpc) is 2.69. The molecule has 0 amide bonds. The highest BCUT2D eigenvalue weighted by Crippen LogP contribution is 2.34. The van der Waals surface area contributed by atoms with E-state index in [4.69, 9.17) is 5.73 Å². The normalized spacial score (nSPS) is 24.0. The van der Waals surface area contributed by atoms with Crippen molar-refractivity contribution < 1.29 is 4.39 Å². The zero-order valence-electron chi connectivity index (χ0n) is 12.1. The first-order valence-electron chi connectivity index (χ1n) is 7.70. The van der Waals surface area contributed by atoms with Crippen molar-refractivity contribution in [2.24, 2.45) is 10.7 Å². The number of hydrogen-bond acceptors (Lipinski definition) is 3. The number of nitrogens with zero attached hydrogens (tertiary/aromatic N) is 2. The Labute approximate surface area is 133 Å². The summed E-state index contributed by atoms with van der Waals surface area (Å²) in [5.74, 6) is 0.401. The summed E-state index contributed by atoms with van der Waals surface area (Å²) in [7, 11) is 0. The first-order valence-corrected chi connectivity index (χ1v) is 8.49. The van der Waals surface area contributed by atoms with Crippen molar-refractivity contribution >= 4 is 21.9 Å². The summed E-state index contributed by atoms with van der Waals surface area (Å²) in [5.41, 5.74) is 6.81. The maximum Gasteiger partial charge on any atom is 0.192 e. The van der Waals surface area contributed by atoms with Gasteiger partial charge >= 0.3 is 0 Å². The summed E-state index contributed by atoms with van der Waals surface area (Å²) in [6, 6.07) is 5.43. The molecule has 1 aromatic rings. The van der Waals surface area contributed by atoms with E-state index in [1.807, 2.05) is 6.07 Å². The molecule has 1 atom stereocenters. The van der Waals surface area contributed by atoms with Gasteiger partial charge < -0.3 is 10.6 Å². The summed E-state index contributed by atoms with van der Waals surface area (Å²) in [5, 5.41) is 0. The minimum Gasteiger partial charge on any atom is -0.370 e. The monoisotopic (exact) mass is 353 g/mol. The van der Waals surface area contributed by atoms with Gasteiger partial charge in [0.1, 0.15) is 5.82 Å². The zero-order chi connectivity index (χ0) is 14.8. The third-order valence-electron chi connectivity index (χ3n) is 4.56.